The average molecular weight is 727 g/mol. The van der Waals surface area contributed by atoms with Crippen LogP contribution < -0.4 is 17.2 Å². The molecule has 0 fully saturated rings. The monoisotopic (exact) mass is 726 g/mol. The van der Waals surface area contributed by atoms with E-state index in [0.717, 1.165) is 12.1 Å². The molecule has 2 aromatic rings. The second kappa shape index (κ2) is 16.0. The third-order valence-corrected chi connectivity index (χ3v) is 19.7. The van der Waals surface area contributed by atoms with Crippen LogP contribution in [-0.4, -0.2) is 41.4 Å². The van der Waals surface area contributed by atoms with Gasteiger partial charge >= 0.3 is 280 Å². The van der Waals surface area contributed by atoms with E-state index in [9.17, 15) is 16.8 Å². The fourth-order valence-corrected chi connectivity index (χ4v) is 17.1. The van der Waals surface area contributed by atoms with E-state index in [1.54, 1.807) is 48.6 Å². The number of allylic oxidation sites excluding steroid dienone is 10. The Balaban J connectivity index is 1.85. The van der Waals surface area contributed by atoms with Gasteiger partial charge in [-0.1, -0.05) is 0 Å². The summed E-state index contributed by atoms with van der Waals surface area (Å²) in [7, 11) is -7.34. The maximum absolute atomic E-state index is 16.8. The van der Waals surface area contributed by atoms with Crippen molar-refractivity contribution in [2.75, 3.05) is 24.6 Å². The molecule has 47 heavy (non-hydrogen) atoms. The average Bonchev–Trinajstić information content (AvgIpc) is 3.76. The normalized spacial score (nSPS) is 15.2. The van der Waals surface area contributed by atoms with Crippen molar-refractivity contribution in [3.63, 3.8) is 0 Å². The molecular formula is C34H38F4N2O4S2Ti. The van der Waals surface area contributed by atoms with Crippen molar-refractivity contribution in [2.45, 2.75) is 34.1 Å². The standard InChI is InChI=1S/2C12H14F2NO2S.2C5H5.Ti/c2*1-2-3-8-18(16,17)15-7-6-10-4-5-11(13)9-12(10)14;2*1-2-4-5-3-1;/h2*2,4-5,15H,1,3,6-8H2;2*1-5H;. The van der Waals surface area contributed by atoms with E-state index in [0.29, 0.717) is 0 Å². The van der Waals surface area contributed by atoms with Crippen LogP contribution in [0.5, 0.6) is 0 Å². The molecule has 252 valence electrons. The predicted molar refractivity (Wildman–Crippen MR) is 177 cm³/mol. The minimum absolute atomic E-state index is 0.00522. The topological polar surface area (TPSA) is 92.3 Å². The molecule has 0 bridgehead atoms. The molecule has 0 saturated heterocycles. The fourth-order valence-electron chi connectivity index (χ4n) is 6.12. The SMILES string of the molecule is C=CCCS(=O)(=O)NCCc1ccc(F)[c]([Ti]([c]2c(F)ccc(CCNS(=O)(=O)CCC=C)c2F)([CH]2C=CC=C2)[CH]2C=CC=C2)c1F. The Labute approximate surface area is 278 Å². The molecule has 2 aliphatic carbocycles. The van der Waals surface area contributed by atoms with Crippen LogP contribution in [0.25, 0.3) is 0 Å². The maximum atomic E-state index is 16.8. The zero-order valence-electron chi connectivity index (χ0n) is 25.8. The summed E-state index contributed by atoms with van der Waals surface area (Å²) in [6.45, 7) is 6.68. The minimum atomic E-state index is -5.04. The molecule has 0 saturated carbocycles. The molecular weight excluding hydrogens is 688 g/mol. The molecule has 0 heterocycles. The molecule has 13 heteroatoms. The summed E-state index contributed by atoms with van der Waals surface area (Å²) < 4.78 is 118. The number of rotatable bonds is 18. The molecule has 2 N–H and O–H groups in total. The molecule has 0 radical (unpaired) electrons. The van der Waals surface area contributed by atoms with Gasteiger partial charge in [-0.15, -0.1) is 0 Å². The van der Waals surface area contributed by atoms with Gasteiger partial charge in [0.2, 0.25) is 0 Å². The Morgan fingerprint density at radius 1 is 0.638 bits per heavy atom. The van der Waals surface area contributed by atoms with Gasteiger partial charge in [0.1, 0.15) is 0 Å². The van der Waals surface area contributed by atoms with Crippen molar-refractivity contribution in [3.05, 3.63) is 133 Å². The summed E-state index contributed by atoms with van der Waals surface area (Å²) >= 11 is -5.04. The van der Waals surface area contributed by atoms with Crippen LogP contribution in [0.3, 0.4) is 0 Å². The number of hydrogen-bond acceptors (Lipinski definition) is 4. The van der Waals surface area contributed by atoms with E-state index in [1.807, 2.05) is 0 Å². The van der Waals surface area contributed by atoms with Gasteiger partial charge in [-0.25, -0.2) is 0 Å². The summed E-state index contributed by atoms with van der Waals surface area (Å²) in [6.07, 6.45) is 16.7. The second-order valence-corrected chi connectivity index (χ2v) is 21.5. The number of sulfonamides is 2. The number of hydrogen-bond donors (Lipinski definition) is 2. The molecule has 0 unspecified atom stereocenters. The van der Waals surface area contributed by atoms with Crippen molar-refractivity contribution >= 4 is 27.8 Å². The van der Waals surface area contributed by atoms with Gasteiger partial charge in [-0.2, -0.15) is 0 Å². The van der Waals surface area contributed by atoms with Gasteiger partial charge in [0, 0.05) is 0 Å². The summed E-state index contributed by atoms with van der Waals surface area (Å²) in [6, 6.07) is 4.59. The molecule has 0 amide bonds. The van der Waals surface area contributed by atoms with E-state index in [1.165, 1.54) is 24.3 Å². The fraction of sp³-hybridized carbons (Fsp3) is 0.294. The molecule has 0 aromatic heterocycles. The summed E-state index contributed by atoms with van der Waals surface area (Å²) in [4.78, 5) is 0. The third-order valence-electron chi connectivity index (χ3n) is 8.33. The zero-order valence-corrected chi connectivity index (χ0v) is 29.0. The Kier molecular flexibility index (Phi) is 12.6. The first-order valence-corrected chi connectivity index (χ1v) is 21.9. The summed E-state index contributed by atoms with van der Waals surface area (Å²) in [5, 5.41) is 0. The van der Waals surface area contributed by atoms with E-state index in [4.69, 9.17) is 0 Å². The van der Waals surface area contributed by atoms with Crippen LogP contribution in [0, 0.1) is 23.3 Å². The van der Waals surface area contributed by atoms with Gasteiger partial charge in [0.15, 0.2) is 0 Å². The van der Waals surface area contributed by atoms with Crippen LogP contribution in [0.15, 0.2) is 98.2 Å². The molecule has 6 nitrogen and oxygen atoms in total. The van der Waals surface area contributed by atoms with Gasteiger partial charge in [-0.3, -0.25) is 0 Å². The van der Waals surface area contributed by atoms with Crippen molar-refractivity contribution in [1.29, 1.82) is 0 Å². The quantitative estimate of drug-likeness (QED) is 0.125. The van der Waals surface area contributed by atoms with Crippen LogP contribution in [0.4, 0.5) is 17.6 Å². The zero-order chi connectivity index (χ0) is 34.2. The van der Waals surface area contributed by atoms with Crippen LogP contribution in [0.2, 0.25) is 8.45 Å². The third kappa shape index (κ3) is 8.41. The van der Waals surface area contributed by atoms with E-state index >= 15 is 17.6 Å². The molecule has 0 aliphatic heterocycles. The second-order valence-electron chi connectivity index (χ2n) is 11.3. The number of halogens is 4. The van der Waals surface area contributed by atoms with Crippen LogP contribution in [-0.2, 0) is 49.5 Å². The Morgan fingerprint density at radius 3 is 1.34 bits per heavy atom. The molecule has 0 spiro atoms. The first-order chi connectivity index (χ1) is 22.4. The van der Waals surface area contributed by atoms with Crippen molar-refractivity contribution in [3.8, 4) is 0 Å². The van der Waals surface area contributed by atoms with Crippen molar-refractivity contribution in [2.24, 2.45) is 0 Å². The van der Waals surface area contributed by atoms with E-state index < -0.39 is 68.3 Å². The van der Waals surface area contributed by atoms with Gasteiger partial charge in [0.25, 0.3) is 0 Å². The van der Waals surface area contributed by atoms with Crippen LogP contribution >= 0.6 is 0 Å². The van der Waals surface area contributed by atoms with Crippen molar-refractivity contribution < 1.29 is 51.0 Å². The Hall–Kier alpha value is -2.87. The van der Waals surface area contributed by atoms with Gasteiger partial charge in [0.05, 0.1) is 0 Å². The molecule has 2 aliphatic rings. The van der Waals surface area contributed by atoms with Crippen molar-refractivity contribution in [1.82, 2.24) is 9.44 Å². The van der Waals surface area contributed by atoms with E-state index in [2.05, 4.69) is 22.6 Å². The summed E-state index contributed by atoms with van der Waals surface area (Å²) in [5.74, 6) is -4.21. The molecule has 2 aromatic carbocycles. The van der Waals surface area contributed by atoms with Crippen LogP contribution in [0.1, 0.15) is 24.0 Å². The number of benzene rings is 2. The first-order valence-electron chi connectivity index (χ1n) is 15.2. The molecule has 4 rings (SSSR count). The van der Waals surface area contributed by atoms with Gasteiger partial charge in [-0.05, 0) is 0 Å². The molecule has 0 atom stereocenters. The predicted octanol–water partition coefficient (Wildman–Crippen LogP) is 5.25. The first kappa shape index (κ1) is 37.0. The summed E-state index contributed by atoms with van der Waals surface area (Å²) in [5.41, 5.74) is 0.0104. The van der Waals surface area contributed by atoms with E-state index in [-0.39, 0.29) is 69.1 Å². The Morgan fingerprint density at radius 2 is 1.00 bits per heavy atom. The Bertz CT molecular complexity index is 1680. The number of nitrogens with one attached hydrogen (secondary N) is 2. The van der Waals surface area contributed by atoms with Gasteiger partial charge < -0.3 is 0 Å².